The van der Waals surface area contributed by atoms with Gasteiger partial charge in [-0.05, 0) is 12.0 Å². The lowest BCUT2D eigenvalue weighted by Gasteiger charge is -1.93. The van der Waals surface area contributed by atoms with E-state index in [1.54, 1.807) is 4.68 Å². The molecule has 0 bridgehead atoms. The molecule has 0 aromatic carbocycles. The topological polar surface area (TPSA) is 55.9 Å². The van der Waals surface area contributed by atoms with E-state index in [2.05, 4.69) is 10.5 Å². The van der Waals surface area contributed by atoms with Crippen LogP contribution in [0.4, 0.5) is 0 Å². The Kier molecular flexibility index (Phi) is 2.42. The van der Waals surface area contributed by atoms with Crippen molar-refractivity contribution in [3.8, 4) is 0 Å². The highest BCUT2D eigenvalue weighted by Crippen LogP contribution is 1.94. The molecule has 0 saturated heterocycles. The number of aryl methyl sites for hydroxylation is 1. The Morgan fingerprint density at radius 3 is 3.10 bits per heavy atom. The van der Waals surface area contributed by atoms with Crippen LogP contribution in [0.1, 0.15) is 5.56 Å². The molecule has 1 aromatic rings. The summed E-state index contributed by atoms with van der Waals surface area (Å²) >= 11 is 0. The van der Waals surface area contributed by atoms with Crippen molar-refractivity contribution in [2.75, 3.05) is 6.54 Å². The van der Waals surface area contributed by atoms with Gasteiger partial charge in [0, 0.05) is 19.8 Å². The van der Waals surface area contributed by atoms with E-state index in [0.717, 1.165) is 13.0 Å². The van der Waals surface area contributed by atoms with E-state index in [0.29, 0.717) is 0 Å². The molecule has 0 radical (unpaired) electrons. The average molecular weight is 140 g/mol. The summed E-state index contributed by atoms with van der Waals surface area (Å²) in [5.74, 6) is 5.11. The third kappa shape index (κ3) is 1.82. The van der Waals surface area contributed by atoms with Gasteiger partial charge < -0.3 is 0 Å². The highest BCUT2D eigenvalue weighted by molar-refractivity contribution is 5.03. The molecule has 0 atom stereocenters. The van der Waals surface area contributed by atoms with Crippen LogP contribution < -0.4 is 11.3 Å². The lowest BCUT2D eigenvalue weighted by molar-refractivity contribution is 0.726. The maximum Gasteiger partial charge on any atom is 0.0522 e. The van der Waals surface area contributed by atoms with Crippen LogP contribution >= 0.6 is 0 Å². The molecule has 0 amide bonds. The van der Waals surface area contributed by atoms with Crippen LogP contribution in [0.2, 0.25) is 0 Å². The van der Waals surface area contributed by atoms with E-state index in [-0.39, 0.29) is 0 Å². The fraction of sp³-hybridized carbons (Fsp3) is 0.500. The summed E-state index contributed by atoms with van der Waals surface area (Å²) in [7, 11) is 1.90. The van der Waals surface area contributed by atoms with E-state index >= 15 is 0 Å². The number of hydrogen-bond acceptors (Lipinski definition) is 3. The van der Waals surface area contributed by atoms with E-state index in [4.69, 9.17) is 5.84 Å². The molecular formula is C6H12N4. The molecule has 1 aromatic heterocycles. The van der Waals surface area contributed by atoms with Crippen molar-refractivity contribution in [1.29, 1.82) is 0 Å². The van der Waals surface area contributed by atoms with Crippen LogP contribution in [0.5, 0.6) is 0 Å². The first kappa shape index (κ1) is 7.24. The predicted octanol–water partition coefficient (Wildman–Crippen LogP) is -0.574. The molecule has 0 saturated carbocycles. The van der Waals surface area contributed by atoms with Gasteiger partial charge in [-0.3, -0.25) is 16.0 Å². The fourth-order valence-corrected chi connectivity index (χ4v) is 0.817. The Labute approximate surface area is 60.0 Å². The van der Waals surface area contributed by atoms with E-state index in [9.17, 15) is 0 Å². The number of rotatable bonds is 3. The molecule has 1 rings (SSSR count). The number of nitrogens with zero attached hydrogens (tertiary/aromatic N) is 2. The molecule has 4 nitrogen and oxygen atoms in total. The van der Waals surface area contributed by atoms with Gasteiger partial charge in [0.05, 0.1) is 6.20 Å². The Morgan fingerprint density at radius 2 is 2.60 bits per heavy atom. The van der Waals surface area contributed by atoms with Gasteiger partial charge in [0.2, 0.25) is 0 Å². The van der Waals surface area contributed by atoms with Crippen LogP contribution in [0.3, 0.4) is 0 Å². The summed E-state index contributed by atoms with van der Waals surface area (Å²) in [4.78, 5) is 0. The van der Waals surface area contributed by atoms with Crippen molar-refractivity contribution < 1.29 is 0 Å². The second-order valence-corrected chi connectivity index (χ2v) is 2.23. The molecule has 0 spiro atoms. The molecule has 56 valence electrons. The van der Waals surface area contributed by atoms with Gasteiger partial charge in [-0.1, -0.05) is 0 Å². The quantitative estimate of drug-likeness (QED) is 0.436. The lowest BCUT2D eigenvalue weighted by Crippen LogP contribution is -2.24. The van der Waals surface area contributed by atoms with Crippen LogP contribution in [0.15, 0.2) is 12.4 Å². The van der Waals surface area contributed by atoms with Crippen LogP contribution in [0.25, 0.3) is 0 Å². The van der Waals surface area contributed by atoms with Crippen molar-refractivity contribution in [2.24, 2.45) is 12.9 Å². The van der Waals surface area contributed by atoms with Gasteiger partial charge in [0.15, 0.2) is 0 Å². The second-order valence-electron chi connectivity index (χ2n) is 2.23. The lowest BCUT2D eigenvalue weighted by atomic mass is 10.3. The highest BCUT2D eigenvalue weighted by Gasteiger charge is 1.92. The molecule has 0 aliphatic carbocycles. The zero-order chi connectivity index (χ0) is 7.40. The summed E-state index contributed by atoms with van der Waals surface area (Å²) in [6.45, 7) is 0.797. The first-order valence-corrected chi connectivity index (χ1v) is 3.24. The molecule has 0 aliphatic heterocycles. The number of aromatic nitrogens is 2. The van der Waals surface area contributed by atoms with Gasteiger partial charge in [-0.2, -0.15) is 5.10 Å². The van der Waals surface area contributed by atoms with Crippen molar-refractivity contribution in [1.82, 2.24) is 15.2 Å². The molecule has 10 heavy (non-hydrogen) atoms. The number of hydrazine groups is 1. The Morgan fingerprint density at radius 1 is 1.80 bits per heavy atom. The third-order valence-corrected chi connectivity index (χ3v) is 1.32. The van der Waals surface area contributed by atoms with Crippen LogP contribution in [-0.4, -0.2) is 16.3 Å². The van der Waals surface area contributed by atoms with Crippen molar-refractivity contribution in [3.63, 3.8) is 0 Å². The summed E-state index contributed by atoms with van der Waals surface area (Å²) in [5.41, 5.74) is 3.80. The van der Waals surface area contributed by atoms with Gasteiger partial charge in [-0.25, -0.2) is 0 Å². The summed E-state index contributed by atoms with van der Waals surface area (Å²) in [6.07, 6.45) is 4.76. The largest absolute Gasteiger partial charge is 0.276 e. The fourth-order valence-electron chi connectivity index (χ4n) is 0.817. The minimum absolute atomic E-state index is 0.797. The smallest absolute Gasteiger partial charge is 0.0522 e. The van der Waals surface area contributed by atoms with Crippen LogP contribution in [-0.2, 0) is 13.5 Å². The zero-order valence-electron chi connectivity index (χ0n) is 6.04. The summed E-state index contributed by atoms with van der Waals surface area (Å²) < 4.78 is 1.78. The molecule has 0 aliphatic rings. The molecule has 0 unspecified atom stereocenters. The predicted molar refractivity (Wildman–Crippen MR) is 39.1 cm³/mol. The Bertz CT molecular complexity index is 193. The average Bonchev–Trinajstić information content (AvgIpc) is 2.31. The Balaban J connectivity index is 2.42. The van der Waals surface area contributed by atoms with Crippen molar-refractivity contribution in [2.45, 2.75) is 6.42 Å². The summed E-state index contributed by atoms with van der Waals surface area (Å²) in [6, 6.07) is 0. The number of nitrogens with one attached hydrogen (secondary N) is 1. The monoisotopic (exact) mass is 140 g/mol. The third-order valence-electron chi connectivity index (χ3n) is 1.32. The standard InChI is InChI=1S/C6H12N4/c1-10-5-6(4-9-10)2-3-8-7/h4-5,8H,2-3,7H2,1H3. The molecular weight excluding hydrogens is 128 g/mol. The van der Waals surface area contributed by atoms with E-state index in [1.807, 2.05) is 19.4 Å². The van der Waals surface area contributed by atoms with Gasteiger partial charge in [-0.15, -0.1) is 0 Å². The van der Waals surface area contributed by atoms with E-state index < -0.39 is 0 Å². The van der Waals surface area contributed by atoms with Gasteiger partial charge in [0.1, 0.15) is 0 Å². The molecule has 3 N–H and O–H groups in total. The second kappa shape index (κ2) is 3.34. The van der Waals surface area contributed by atoms with Crippen molar-refractivity contribution in [3.05, 3.63) is 18.0 Å². The first-order chi connectivity index (χ1) is 4.83. The maximum absolute atomic E-state index is 5.11. The molecule has 4 heteroatoms. The number of nitrogens with two attached hydrogens (primary N) is 1. The minimum atomic E-state index is 0.797. The van der Waals surface area contributed by atoms with Gasteiger partial charge in [0.25, 0.3) is 0 Å². The Hall–Kier alpha value is -0.870. The summed E-state index contributed by atoms with van der Waals surface area (Å²) in [5, 5.41) is 4.02. The molecule has 1 heterocycles. The maximum atomic E-state index is 5.11. The molecule has 0 fully saturated rings. The van der Waals surface area contributed by atoms with Crippen molar-refractivity contribution >= 4 is 0 Å². The van der Waals surface area contributed by atoms with E-state index in [1.165, 1.54) is 5.56 Å². The van der Waals surface area contributed by atoms with Crippen LogP contribution in [0, 0.1) is 0 Å². The van der Waals surface area contributed by atoms with Gasteiger partial charge >= 0.3 is 0 Å². The first-order valence-electron chi connectivity index (χ1n) is 3.24. The SMILES string of the molecule is Cn1cc(CCNN)cn1. The highest BCUT2D eigenvalue weighted by atomic mass is 15.2. The minimum Gasteiger partial charge on any atom is -0.276 e. The number of hydrogen-bond donors (Lipinski definition) is 2. The zero-order valence-corrected chi connectivity index (χ0v) is 6.04. The normalized spacial score (nSPS) is 10.2.